The first-order valence-corrected chi connectivity index (χ1v) is 9.62. The lowest BCUT2D eigenvalue weighted by atomic mass is 9.87. The van der Waals surface area contributed by atoms with Crippen molar-refractivity contribution in [3.8, 4) is 11.4 Å². The van der Waals surface area contributed by atoms with Crippen LogP contribution in [0.1, 0.15) is 26.3 Å². The number of nitrogen functional groups attached to an aromatic ring is 1. The number of nitrogens with one attached hydrogen (secondary N) is 1. The monoisotopic (exact) mass is 381 g/mol. The van der Waals surface area contributed by atoms with Crippen LogP contribution in [0.3, 0.4) is 0 Å². The molecule has 3 N–H and O–H groups in total. The van der Waals surface area contributed by atoms with Gasteiger partial charge in [-0.3, -0.25) is 4.79 Å². The number of amides is 1. The van der Waals surface area contributed by atoms with Crippen molar-refractivity contribution in [3.05, 3.63) is 60.2 Å². The number of para-hydroxylation sites is 1. The van der Waals surface area contributed by atoms with Crippen molar-refractivity contribution in [2.45, 2.75) is 31.3 Å². The van der Waals surface area contributed by atoms with Crippen LogP contribution in [-0.4, -0.2) is 26.5 Å². The lowest BCUT2D eigenvalue weighted by Crippen LogP contribution is -2.16. The van der Waals surface area contributed by atoms with E-state index in [1.807, 2.05) is 42.5 Å². The summed E-state index contributed by atoms with van der Waals surface area (Å²) in [6.45, 7) is 6.51. The first-order chi connectivity index (χ1) is 12.8. The Balaban J connectivity index is 1.66. The Kier molecular flexibility index (Phi) is 5.51. The molecule has 0 aliphatic heterocycles. The molecule has 3 aromatic rings. The fourth-order valence-electron chi connectivity index (χ4n) is 2.54. The van der Waals surface area contributed by atoms with E-state index in [9.17, 15) is 4.79 Å². The minimum Gasteiger partial charge on any atom is -0.335 e. The number of rotatable bonds is 5. The predicted octanol–water partition coefficient (Wildman–Crippen LogP) is 3.69. The zero-order valence-electron chi connectivity index (χ0n) is 15.6. The van der Waals surface area contributed by atoms with Gasteiger partial charge in [-0.1, -0.05) is 75.0 Å². The van der Waals surface area contributed by atoms with Gasteiger partial charge in [-0.25, -0.2) is 4.68 Å². The second kappa shape index (κ2) is 7.84. The first-order valence-electron chi connectivity index (χ1n) is 8.64. The Morgan fingerprint density at radius 2 is 1.74 bits per heavy atom. The van der Waals surface area contributed by atoms with Gasteiger partial charge in [0, 0.05) is 11.3 Å². The van der Waals surface area contributed by atoms with Gasteiger partial charge in [0.1, 0.15) is 0 Å². The second-order valence-electron chi connectivity index (χ2n) is 7.21. The molecule has 140 valence electrons. The maximum atomic E-state index is 12.1. The van der Waals surface area contributed by atoms with Crippen LogP contribution in [0.15, 0.2) is 59.8 Å². The Morgan fingerprint density at radius 3 is 2.37 bits per heavy atom. The summed E-state index contributed by atoms with van der Waals surface area (Å²) < 4.78 is 1.42. The number of carbonyl (C=O) groups excluding carboxylic acids is 1. The van der Waals surface area contributed by atoms with Crippen molar-refractivity contribution in [1.82, 2.24) is 14.9 Å². The van der Waals surface area contributed by atoms with E-state index in [2.05, 4.69) is 48.4 Å². The molecule has 0 bridgehead atoms. The maximum absolute atomic E-state index is 12.1. The minimum absolute atomic E-state index is 0.0854. The highest BCUT2D eigenvalue weighted by molar-refractivity contribution is 7.99. The van der Waals surface area contributed by atoms with Crippen LogP contribution >= 0.6 is 11.8 Å². The summed E-state index contributed by atoms with van der Waals surface area (Å²) in [7, 11) is 0. The quantitative estimate of drug-likeness (QED) is 0.520. The maximum Gasteiger partial charge on any atom is 0.234 e. The average Bonchev–Trinajstić information content (AvgIpc) is 3.01. The van der Waals surface area contributed by atoms with Gasteiger partial charge in [0.2, 0.25) is 11.1 Å². The summed E-state index contributed by atoms with van der Waals surface area (Å²) in [5, 5.41) is 11.6. The fraction of sp³-hybridized carbons (Fsp3) is 0.250. The molecule has 0 atom stereocenters. The first kappa shape index (κ1) is 19.0. The number of anilines is 1. The molecule has 6 nitrogen and oxygen atoms in total. The molecule has 7 heteroatoms. The third-order valence-corrected chi connectivity index (χ3v) is 5.01. The molecule has 0 fully saturated rings. The van der Waals surface area contributed by atoms with Crippen LogP contribution in [0, 0.1) is 0 Å². The van der Waals surface area contributed by atoms with Gasteiger partial charge >= 0.3 is 0 Å². The van der Waals surface area contributed by atoms with E-state index >= 15 is 0 Å². The topological polar surface area (TPSA) is 85.8 Å². The Labute approximate surface area is 163 Å². The summed E-state index contributed by atoms with van der Waals surface area (Å²) in [5.74, 6) is 6.79. The molecule has 0 spiro atoms. The average molecular weight is 382 g/mol. The van der Waals surface area contributed by atoms with Crippen molar-refractivity contribution in [2.24, 2.45) is 0 Å². The fourth-order valence-corrected chi connectivity index (χ4v) is 3.20. The highest BCUT2D eigenvalue weighted by atomic mass is 32.2. The van der Waals surface area contributed by atoms with E-state index in [1.54, 1.807) is 0 Å². The number of carbonyl (C=O) groups is 1. The van der Waals surface area contributed by atoms with Gasteiger partial charge in [-0.05, 0) is 23.1 Å². The summed E-state index contributed by atoms with van der Waals surface area (Å²) in [6, 6.07) is 17.5. The zero-order valence-corrected chi connectivity index (χ0v) is 16.5. The van der Waals surface area contributed by atoms with Crippen LogP contribution in [0.2, 0.25) is 0 Å². The van der Waals surface area contributed by atoms with Gasteiger partial charge in [0.25, 0.3) is 0 Å². The summed E-state index contributed by atoms with van der Waals surface area (Å²) in [4.78, 5) is 12.1. The number of thioether (sulfide) groups is 1. The standard InChI is InChI=1S/C20H23N5OS/c1-20(2,3)15-11-9-14(10-12-15)18-23-24-19(25(18)21)27-13-17(26)22-16-7-5-4-6-8-16/h4-12H,13,21H2,1-3H3,(H,22,26). The molecule has 0 aliphatic rings. The van der Waals surface area contributed by atoms with Crippen molar-refractivity contribution in [2.75, 3.05) is 16.9 Å². The van der Waals surface area contributed by atoms with E-state index in [0.717, 1.165) is 11.3 Å². The van der Waals surface area contributed by atoms with Gasteiger partial charge in [-0.15, -0.1) is 10.2 Å². The SMILES string of the molecule is CC(C)(C)c1ccc(-c2nnc(SCC(=O)Nc3ccccc3)n2N)cc1. The minimum atomic E-state index is -0.120. The Hall–Kier alpha value is -2.80. The van der Waals surface area contributed by atoms with E-state index in [0.29, 0.717) is 11.0 Å². The normalized spacial score (nSPS) is 11.4. The Bertz CT molecular complexity index is 914. The van der Waals surface area contributed by atoms with Gasteiger partial charge in [0.05, 0.1) is 5.75 Å². The number of benzene rings is 2. The van der Waals surface area contributed by atoms with Crippen LogP contribution in [0.4, 0.5) is 5.69 Å². The number of nitrogens with two attached hydrogens (primary N) is 1. The van der Waals surface area contributed by atoms with Crippen LogP contribution in [0.5, 0.6) is 0 Å². The molecule has 0 aliphatic carbocycles. The molecule has 1 heterocycles. The van der Waals surface area contributed by atoms with E-state index < -0.39 is 0 Å². The van der Waals surface area contributed by atoms with Crippen LogP contribution < -0.4 is 11.2 Å². The second-order valence-corrected chi connectivity index (χ2v) is 8.15. The molecule has 0 unspecified atom stereocenters. The molecular weight excluding hydrogens is 358 g/mol. The van der Waals surface area contributed by atoms with Gasteiger partial charge < -0.3 is 11.2 Å². The van der Waals surface area contributed by atoms with Crippen LogP contribution in [-0.2, 0) is 10.2 Å². The highest BCUT2D eigenvalue weighted by Crippen LogP contribution is 2.26. The molecule has 1 amide bonds. The summed E-state index contributed by atoms with van der Waals surface area (Å²) in [6.07, 6.45) is 0. The largest absolute Gasteiger partial charge is 0.335 e. The van der Waals surface area contributed by atoms with Crippen molar-refractivity contribution >= 4 is 23.4 Å². The molecule has 0 saturated heterocycles. The van der Waals surface area contributed by atoms with Gasteiger partial charge in [0.15, 0.2) is 5.82 Å². The Morgan fingerprint density at radius 1 is 1.07 bits per heavy atom. The third-order valence-electron chi connectivity index (χ3n) is 4.06. The number of hydrogen-bond donors (Lipinski definition) is 2. The van der Waals surface area contributed by atoms with Crippen molar-refractivity contribution in [1.29, 1.82) is 0 Å². The van der Waals surface area contributed by atoms with Gasteiger partial charge in [-0.2, -0.15) is 0 Å². The predicted molar refractivity (Wildman–Crippen MR) is 110 cm³/mol. The van der Waals surface area contributed by atoms with Crippen LogP contribution in [0.25, 0.3) is 11.4 Å². The van der Waals surface area contributed by atoms with E-state index in [4.69, 9.17) is 5.84 Å². The smallest absolute Gasteiger partial charge is 0.234 e. The lowest BCUT2D eigenvalue weighted by molar-refractivity contribution is -0.113. The molecule has 0 saturated carbocycles. The van der Waals surface area contributed by atoms with Crippen molar-refractivity contribution < 1.29 is 4.79 Å². The lowest BCUT2D eigenvalue weighted by Gasteiger charge is -2.19. The molecule has 27 heavy (non-hydrogen) atoms. The van der Waals surface area contributed by atoms with E-state index in [1.165, 1.54) is 22.0 Å². The summed E-state index contributed by atoms with van der Waals surface area (Å²) >= 11 is 1.25. The van der Waals surface area contributed by atoms with Crippen molar-refractivity contribution in [3.63, 3.8) is 0 Å². The number of aromatic nitrogens is 3. The summed E-state index contributed by atoms with van der Waals surface area (Å²) in [5.41, 5.74) is 2.97. The number of nitrogens with zero attached hydrogens (tertiary/aromatic N) is 3. The molecule has 0 radical (unpaired) electrons. The van der Waals surface area contributed by atoms with E-state index in [-0.39, 0.29) is 17.1 Å². The molecule has 1 aromatic heterocycles. The third kappa shape index (κ3) is 4.68. The highest BCUT2D eigenvalue weighted by Gasteiger charge is 2.16. The molecular formula is C20H23N5OS. The molecule has 2 aromatic carbocycles. The number of hydrogen-bond acceptors (Lipinski definition) is 5. The zero-order chi connectivity index (χ0) is 19.4. The molecule has 3 rings (SSSR count).